The van der Waals surface area contributed by atoms with Gasteiger partial charge in [-0.25, -0.2) is 9.97 Å². The van der Waals surface area contributed by atoms with Gasteiger partial charge >= 0.3 is 0 Å². The lowest BCUT2D eigenvalue weighted by atomic mass is 9.87. The van der Waals surface area contributed by atoms with Crippen LogP contribution in [0.2, 0.25) is 5.02 Å². The average Bonchev–Trinajstić information content (AvgIpc) is 3.40. The van der Waals surface area contributed by atoms with E-state index in [9.17, 15) is 4.79 Å². The van der Waals surface area contributed by atoms with E-state index in [-0.39, 0.29) is 11.8 Å². The van der Waals surface area contributed by atoms with Crippen LogP contribution in [0.5, 0.6) is 0 Å². The van der Waals surface area contributed by atoms with E-state index in [1.54, 1.807) is 35.9 Å². The summed E-state index contributed by atoms with van der Waals surface area (Å²) < 4.78 is 5.11. The van der Waals surface area contributed by atoms with Crippen LogP contribution in [-0.4, -0.2) is 58.3 Å². The molecule has 8 nitrogen and oxygen atoms in total. The molecule has 4 aromatic rings. The first-order valence-electron chi connectivity index (χ1n) is 10.4. The third-order valence-corrected chi connectivity index (χ3v) is 7.46. The van der Waals surface area contributed by atoms with Crippen LogP contribution in [0.25, 0.3) is 21.1 Å². The Morgan fingerprint density at radius 2 is 2.28 bits per heavy atom. The molecule has 1 aliphatic carbocycles. The number of halogens is 1. The van der Waals surface area contributed by atoms with E-state index in [1.807, 2.05) is 19.2 Å². The van der Waals surface area contributed by atoms with Crippen LogP contribution in [0, 0.1) is 5.92 Å². The van der Waals surface area contributed by atoms with Gasteiger partial charge in [0.2, 0.25) is 5.91 Å². The highest BCUT2D eigenvalue weighted by molar-refractivity contribution is 7.19. The number of fused-ring (bicyclic) bond motifs is 4. The topological polar surface area (TPSA) is 96.0 Å². The van der Waals surface area contributed by atoms with Gasteiger partial charge in [-0.05, 0) is 37.0 Å². The summed E-state index contributed by atoms with van der Waals surface area (Å²) in [7, 11) is 3.49. The molecule has 3 heterocycles. The first kappa shape index (κ1) is 21.1. The van der Waals surface area contributed by atoms with Crippen molar-refractivity contribution in [3.63, 3.8) is 0 Å². The van der Waals surface area contributed by atoms with E-state index in [4.69, 9.17) is 16.3 Å². The number of benzene rings is 1. The zero-order valence-corrected chi connectivity index (χ0v) is 19.4. The second kappa shape index (κ2) is 8.65. The summed E-state index contributed by atoms with van der Waals surface area (Å²) in [4.78, 5) is 25.8. The van der Waals surface area contributed by atoms with Crippen molar-refractivity contribution in [3.8, 4) is 0 Å². The molecule has 0 aliphatic heterocycles. The largest absolute Gasteiger partial charge is 0.383 e. The van der Waals surface area contributed by atoms with Gasteiger partial charge in [-0.3, -0.25) is 9.89 Å². The molecule has 1 atom stereocenters. The molecule has 2 N–H and O–H groups in total. The number of aromatic amines is 1. The molecule has 0 radical (unpaired) electrons. The fourth-order valence-corrected chi connectivity index (χ4v) is 5.73. The lowest BCUT2D eigenvalue weighted by molar-refractivity contribution is -0.135. The molecular weight excluding hydrogens is 448 g/mol. The van der Waals surface area contributed by atoms with E-state index in [2.05, 4.69) is 25.5 Å². The fourth-order valence-electron chi connectivity index (χ4n) is 4.25. The number of rotatable bonds is 6. The molecule has 0 saturated heterocycles. The summed E-state index contributed by atoms with van der Waals surface area (Å²) in [5, 5.41) is 13.0. The number of likely N-dealkylation sites (N-methyl/N-ethyl adjacent to an activating group) is 1. The monoisotopic (exact) mass is 470 g/mol. The number of H-pyrrole nitrogens is 1. The van der Waals surface area contributed by atoms with Crippen LogP contribution in [0.3, 0.4) is 0 Å². The van der Waals surface area contributed by atoms with Gasteiger partial charge in [-0.15, -0.1) is 11.3 Å². The molecule has 1 aliphatic rings. The highest BCUT2D eigenvalue weighted by Gasteiger charge is 2.30. The molecular formula is C22H23ClN6O2S. The van der Waals surface area contributed by atoms with Crippen LogP contribution in [-0.2, 0) is 22.4 Å². The van der Waals surface area contributed by atoms with Gasteiger partial charge in [-0.2, -0.15) is 5.10 Å². The Labute approximate surface area is 193 Å². The van der Waals surface area contributed by atoms with Crippen LogP contribution in [0.15, 0.2) is 24.7 Å². The van der Waals surface area contributed by atoms with E-state index in [0.717, 1.165) is 51.9 Å². The number of nitrogens with zero attached hydrogens (tertiary/aromatic N) is 4. The second-order valence-electron chi connectivity index (χ2n) is 8.01. The van der Waals surface area contributed by atoms with E-state index >= 15 is 0 Å². The number of hydrogen-bond acceptors (Lipinski definition) is 7. The maximum Gasteiger partial charge on any atom is 0.225 e. The van der Waals surface area contributed by atoms with Gasteiger partial charge in [0.25, 0.3) is 0 Å². The van der Waals surface area contributed by atoms with Gasteiger partial charge in [0.1, 0.15) is 17.0 Å². The van der Waals surface area contributed by atoms with Crippen molar-refractivity contribution < 1.29 is 9.53 Å². The summed E-state index contributed by atoms with van der Waals surface area (Å²) >= 11 is 8.14. The van der Waals surface area contributed by atoms with Crippen LogP contribution < -0.4 is 5.32 Å². The van der Waals surface area contributed by atoms with Crippen molar-refractivity contribution in [3.05, 3.63) is 40.1 Å². The Bertz CT molecular complexity index is 1300. The maximum atomic E-state index is 12.9. The van der Waals surface area contributed by atoms with Crippen LogP contribution in [0.1, 0.15) is 16.9 Å². The summed E-state index contributed by atoms with van der Waals surface area (Å²) in [5.41, 5.74) is 2.88. The number of aryl methyl sites for hydroxylation is 1. The van der Waals surface area contributed by atoms with Gasteiger partial charge < -0.3 is 15.0 Å². The van der Waals surface area contributed by atoms with Gasteiger partial charge in [0.05, 0.1) is 34.4 Å². The SMILES string of the molecule is COCCN(C)C(=O)[C@H]1CCc2c(sc3ncnc(Nc4cc5cn[nH]c5cc4Cl)c23)C1. The first-order chi connectivity index (χ1) is 15.5. The van der Waals surface area contributed by atoms with E-state index in [0.29, 0.717) is 18.2 Å². The van der Waals surface area contributed by atoms with Gasteiger partial charge in [0, 0.05) is 36.9 Å². The average molecular weight is 471 g/mol. The molecule has 5 rings (SSSR count). The molecule has 0 unspecified atom stereocenters. The number of carbonyl (C=O) groups excluding carboxylic acids is 1. The standard InChI is InChI=1S/C22H23ClN6O2S/c1-29(5-6-31-2)22(30)12-3-4-14-18(8-12)32-21-19(14)20(24-11-25-21)27-17-7-13-10-26-28-16(13)9-15(17)23/h7,9-12H,3-6,8H2,1-2H3,(H,26,28)(H,24,25,27)/t12-/m0/s1. The Morgan fingerprint density at radius 3 is 3.12 bits per heavy atom. The normalized spacial score (nSPS) is 15.8. The Morgan fingerprint density at radius 1 is 1.41 bits per heavy atom. The number of nitrogens with one attached hydrogen (secondary N) is 2. The van der Waals surface area contributed by atoms with Gasteiger partial charge in [0.15, 0.2) is 0 Å². The summed E-state index contributed by atoms with van der Waals surface area (Å²) in [6.07, 6.45) is 5.69. The Balaban J connectivity index is 1.44. The zero-order chi connectivity index (χ0) is 22.2. The van der Waals surface area contributed by atoms with Crippen molar-refractivity contribution in [2.45, 2.75) is 19.3 Å². The Hall–Kier alpha value is -2.75. The number of anilines is 2. The number of ether oxygens (including phenoxy) is 1. The smallest absolute Gasteiger partial charge is 0.225 e. The number of aromatic nitrogens is 4. The minimum atomic E-state index is -0.0141. The van der Waals surface area contributed by atoms with Crippen molar-refractivity contribution in [2.75, 3.05) is 32.6 Å². The fraction of sp³-hybridized carbons (Fsp3) is 0.364. The Kier molecular flexibility index (Phi) is 5.71. The lowest BCUT2D eigenvalue weighted by Gasteiger charge is -2.26. The number of thiophene rings is 1. The highest BCUT2D eigenvalue weighted by atomic mass is 35.5. The highest BCUT2D eigenvalue weighted by Crippen LogP contribution is 2.41. The molecule has 32 heavy (non-hydrogen) atoms. The van der Waals surface area contributed by atoms with Crippen molar-refractivity contribution >= 4 is 61.5 Å². The van der Waals surface area contributed by atoms with Crippen molar-refractivity contribution in [2.24, 2.45) is 5.92 Å². The second-order valence-corrected chi connectivity index (χ2v) is 9.50. The van der Waals surface area contributed by atoms with Crippen LogP contribution >= 0.6 is 22.9 Å². The molecule has 3 aromatic heterocycles. The molecule has 166 valence electrons. The quantitative estimate of drug-likeness (QED) is 0.439. The van der Waals surface area contributed by atoms with E-state index in [1.165, 1.54) is 10.4 Å². The van der Waals surface area contributed by atoms with Crippen molar-refractivity contribution in [1.82, 2.24) is 25.1 Å². The minimum absolute atomic E-state index is 0.0141. The minimum Gasteiger partial charge on any atom is -0.383 e. The number of methoxy groups -OCH3 is 1. The summed E-state index contributed by atoms with van der Waals surface area (Å²) in [6, 6.07) is 3.81. The van der Waals surface area contributed by atoms with Crippen LogP contribution in [0.4, 0.5) is 11.5 Å². The third kappa shape index (κ3) is 3.80. The molecule has 1 amide bonds. The predicted molar refractivity (Wildman–Crippen MR) is 127 cm³/mol. The van der Waals surface area contributed by atoms with Gasteiger partial charge in [-0.1, -0.05) is 11.6 Å². The maximum absolute atomic E-state index is 12.9. The van der Waals surface area contributed by atoms with E-state index < -0.39 is 0 Å². The molecule has 0 fully saturated rings. The lowest BCUT2D eigenvalue weighted by Crippen LogP contribution is -2.37. The molecule has 0 spiro atoms. The first-order valence-corrected chi connectivity index (χ1v) is 11.6. The molecule has 1 aromatic carbocycles. The predicted octanol–water partition coefficient (Wildman–Crippen LogP) is 4.17. The number of carbonyl (C=O) groups is 1. The van der Waals surface area contributed by atoms with Crippen molar-refractivity contribution in [1.29, 1.82) is 0 Å². The summed E-state index contributed by atoms with van der Waals surface area (Å²) in [5.74, 6) is 0.897. The number of hydrogen-bond donors (Lipinski definition) is 2. The molecule has 0 saturated carbocycles. The molecule has 0 bridgehead atoms. The third-order valence-electron chi connectivity index (χ3n) is 5.98. The zero-order valence-electron chi connectivity index (χ0n) is 17.8. The summed E-state index contributed by atoms with van der Waals surface area (Å²) in [6.45, 7) is 1.15. The molecule has 10 heteroatoms. The number of amides is 1.